The summed E-state index contributed by atoms with van der Waals surface area (Å²) in [6.45, 7) is 0. The second kappa shape index (κ2) is 10.2. The number of benzene rings is 9. The molecule has 0 radical (unpaired) electrons. The van der Waals surface area contributed by atoms with Gasteiger partial charge in [0.05, 0.1) is 38.8 Å². The molecule has 248 valence electrons. The Morgan fingerprint density at radius 2 is 0.981 bits per heavy atom. The fourth-order valence-electron chi connectivity index (χ4n) is 9.51. The normalized spacial score (nSPS) is 12.4. The van der Waals surface area contributed by atoms with E-state index < -0.39 is 0 Å². The molecule has 0 saturated heterocycles. The summed E-state index contributed by atoms with van der Waals surface area (Å²) in [4.78, 5) is 11.1. The first kappa shape index (κ1) is 28.3. The van der Waals surface area contributed by atoms with E-state index in [1.54, 1.807) is 0 Å². The standard InChI is InChI=1S/C50H28N4/c1-2-14-32-27-33(22-21-29(32)11-1)47-38-25-23-31-13-4-6-16-35(31)48(38)52-50(51-47)54-41-20-10-7-17-36(41)45-43(54)28-39-44-34-15-5-3-12-30(34)24-26-42(44)53-40-19-9-8-18-37(40)46(45)49(39)53/h1-28H. The SMILES string of the molecule is c1ccc2cc(-c3nc(-n4c5ccccc5c5c6c7ccccc7n7c8ccc9ccccc9c8c(cc54)c67)nc4c3ccc3ccccc34)ccc2c1. The molecule has 0 spiro atoms. The Bertz CT molecular complexity index is 3740. The quantitative estimate of drug-likeness (QED) is 0.170. The predicted molar refractivity (Wildman–Crippen MR) is 226 cm³/mol. The molecule has 0 N–H and O–H groups in total. The van der Waals surface area contributed by atoms with Crippen molar-refractivity contribution in [2.45, 2.75) is 0 Å². The van der Waals surface area contributed by atoms with Gasteiger partial charge in [0.25, 0.3) is 0 Å². The Hall–Kier alpha value is -7.30. The van der Waals surface area contributed by atoms with Crippen molar-refractivity contribution >= 4 is 103 Å². The van der Waals surface area contributed by atoms with E-state index in [9.17, 15) is 0 Å². The van der Waals surface area contributed by atoms with E-state index in [4.69, 9.17) is 9.97 Å². The topological polar surface area (TPSA) is 35.1 Å². The van der Waals surface area contributed by atoms with Crippen LogP contribution in [0.2, 0.25) is 0 Å². The Kier molecular flexibility index (Phi) is 5.34. The summed E-state index contributed by atoms with van der Waals surface area (Å²) in [5.41, 5.74) is 8.85. The maximum Gasteiger partial charge on any atom is 0.235 e. The molecule has 0 fully saturated rings. The van der Waals surface area contributed by atoms with Gasteiger partial charge in [0.1, 0.15) is 0 Å². The van der Waals surface area contributed by atoms with E-state index in [2.05, 4.69) is 179 Å². The zero-order valence-electron chi connectivity index (χ0n) is 29.0. The summed E-state index contributed by atoms with van der Waals surface area (Å²) >= 11 is 0. The van der Waals surface area contributed by atoms with Gasteiger partial charge in [-0.15, -0.1) is 0 Å². The molecule has 4 heteroatoms. The highest BCUT2D eigenvalue weighted by molar-refractivity contribution is 6.37. The summed E-state index contributed by atoms with van der Waals surface area (Å²) in [6.07, 6.45) is 0. The molecule has 4 heterocycles. The molecule has 0 saturated carbocycles. The van der Waals surface area contributed by atoms with Crippen LogP contribution in [0.25, 0.3) is 120 Å². The van der Waals surface area contributed by atoms with Crippen LogP contribution in [0, 0.1) is 0 Å². The lowest BCUT2D eigenvalue weighted by atomic mass is 9.99. The van der Waals surface area contributed by atoms with Gasteiger partial charge in [-0.05, 0) is 63.3 Å². The molecule has 9 aromatic carbocycles. The molecule has 4 aromatic heterocycles. The van der Waals surface area contributed by atoms with Crippen LogP contribution in [0.3, 0.4) is 0 Å². The van der Waals surface area contributed by atoms with Crippen LogP contribution >= 0.6 is 0 Å². The minimum absolute atomic E-state index is 0.666. The van der Waals surface area contributed by atoms with Crippen molar-refractivity contribution in [3.8, 4) is 17.2 Å². The number of aromatic nitrogens is 4. The average Bonchev–Trinajstić information content (AvgIpc) is 3.87. The highest BCUT2D eigenvalue weighted by atomic mass is 15.2. The van der Waals surface area contributed by atoms with Crippen LogP contribution < -0.4 is 0 Å². The van der Waals surface area contributed by atoms with Crippen LogP contribution in [-0.2, 0) is 0 Å². The minimum atomic E-state index is 0.666. The fraction of sp³-hybridized carbons (Fsp3) is 0. The van der Waals surface area contributed by atoms with Gasteiger partial charge in [0.15, 0.2) is 0 Å². The van der Waals surface area contributed by atoms with Crippen molar-refractivity contribution < 1.29 is 0 Å². The number of rotatable bonds is 2. The van der Waals surface area contributed by atoms with Gasteiger partial charge in [0.2, 0.25) is 5.95 Å². The Balaban J connectivity index is 1.25. The van der Waals surface area contributed by atoms with Gasteiger partial charge in [-0.3, -0.25) is 4.57 Å². The summed E-state index contributed by atoms with van der Waals surface area (Å²) < 4.78 is 4.81. The van der Waals surface area contributed by atoms with Gasteiger partial charge in [-0.25, -0.2) is 9.97 Å². The molecule has 4 nitrogen and oxygen atoms in total. The number of nitrogens with zero attached hydrogens (tertiary/aromatic N) is 4. The lowest BCUT2D eigenvalue weighted by molar-refractivity contribution is 1.02. The minimum Gasteiger partial charge on any atom is -0.308 e. The van der Waals surface area contributed by atoms with Crippen LogP contribution in [0.4, 0.5) is 0 Å². The van der Waals surface area contributed by atoms with E-state index in [-0.39, 0.29) is 0 Å². The second-order valence-electron chi connectivity index (χ2n) is 14.5. The lowest BCUT2D eigenvalue weighted by Gasteiger charge is -2.14. The molecule has 0 aliphatic carbocycles. The van der Waals surface area contributed by atoms with Gasteiger partial charge >= 0.3 is 0 Å². The van der Waals surface area contributed by atoms with Crippen LogP contribution in [0.1, 0.15) is 0 Å². The second-order valence-corrected chi connectivity index (χ2v) is 14.5. The largest absolute Gasteiger partial charge is 0.308 e. The summed E-state index contributed by atoms with van der Waals surface area (Å²) in [5, 5.41) is 15.7. The van der Waals surface area contributed by atoms with Gasteiger partial charge in [-0.2, -0.15) is 0 Å². The summed E-state index contributed by atoms with van der Waals surface area (Å²) in [5.74, 6) is 0.666. The molecule has 0 aliphatic heterocycles. The maximum atomic E-state index is 5.57. The van der Waals surface area contributed by atoms with Crippen molar-refractivity contribution in [2.24, 2.45) is 0 Å². The average molecular weight is 685 g/mol. The van der Waals surface area contributed by atoms with Crippen LogP contribution in [0.15, 0.2) is 170 Å². The van der Waals surface area contributed by atoms with Crippen molar-refractivity contribution in [1.29, 1.82) is 0 Å². The Morgan fingerprint density at radius 3 is 1.81 bits per heavy atom. The third-order valence-electron chi connectivity index (χ3n) is 11.8. The summed E-state index contributed by atoms with van der Waals surface area (Å²) in [6, 6.07) is 61.6. The zero-order chi connectivity index (χ0) is 35.1. The van der Waals surface area contributed by atoms with Crippen molar-refractivity contribution in [3.05, 3.63) is 170 Å². The number of para-hydroxylation sites is 2. The van der Waals surface area contributed by atoms with Crippen LogP contribution in [0.5, 0.6) is 0 Å². The third-order valence-corrected chi connectivity index (χ3v) is 11.8. The molecule has 0 unspecified atom stereocenters. The highest BCUT2D eigenvalue weighted by Crippen LogP contribution is 2.48. The van der Waals surface area contributed by atoms with E-state index in [1.807, 2.05) is 0 Å². The molecule has 0 aliphatic rings. The number of hydrogen-bond donors (Lipinski definition) is 0. The van der Waals surface area contributed by atoms with Crippen molar-refractivity contribution in [3.63, 3.8) is 0 Å². The molecule has 13 aromatic rings. The monoisotopic (exact) mass is 684 g/mol. The zero-order valence-corrected chi connectivity index (χ0v) is 29.0. The molecular weight excluding hydrogens is 657 g/mol. The molecule has 0 bridgehead atoms. The van der Waals surface area contributed by atoms with E-state index >= 15 is 0 Å². The number of hydrogen-bond acceptors (Lipinski definition) is 2. The third kappa shape index (κ3) is 3.57. The first-order valence-electron chi connectivity index (χ1n) is 18.5. The molecule has 0 atom stereocenters. The first-order valence-corrected chi connectivity index (χ1v) is 18.5. The number of fused-ring (bicyclic) bond motifs is 16. The van der Waals surface area contributed by atoms with Crippen molar-refractivity contribution in [1.82, 2.24) is 18.9 Å². The highest BCUT2D eigenvalue weighted by Gasteiger charge is 2.26. The van der Waals surface area contributed by atoms with Crippen LogP contribution in [-0.4, -0.2) is 18.9 Å². The van der Waals surface area contributed by atoms with Gasteiger partial charge in [0, 0.05) is 48.7 Å². The van der Waals surface area contributed by atoms with E-state index in [0.717, 1.165) is 44.0 Å². The predicted octanol–water partition coefficient (Wildman–Crippen LogP) is 13.0. The Labute approximate surface area is 308 Å². The molecule has 0 amide bonds. The smallest absolute Gasteiger partial charge is 0.235 e. The van der Waals surface area contributed by atoms with Gasteiger partial charge < -0.3 is 4.40 Å². The maximum absolute atomic E-state index is 5.57. The Morgan fingerprint density at radius 1 is 0.352 bits per heavy atom. The van der Waals surface area contributed by atoms with E-state index in [1.165, 1.54) is 70.4 Å². The van der Waals surface area contributed by atoms with Crippen molar-refractivity contribution in [2.75, 3.05) is 0 Å². The molecule has 13 rings (SSSR count). The van der Waals surface area contributed by atoms with E-state index in [0.29, 0.717) is 5.95 Å². The first-order chi connectivity index (χ1) is 26.8. The molecule has 54 heavy (non-hydrogen) atoms. The van der Waals surface area contributed by atoms with Gasteiger partial charge in [-0.1, -0.05) is 133 Å². The fourth-order valence-corrected chi connectivity index (χ4v) is 9.51. The lowest BCUT2D eigenvalue weighted by Crippen LogP contribution is -2.04. The summed E-state index contributed by atoms with van der Waals surface area (Å²) in [7, 11) is 0. The molecular formula is C50H28N4.